The maximum Gasteiger partial charge on any atom is 0.120 e. The first kappa shape index (κ1) is 15.5. The van der Waals surface area contributed by atoms with Crippen molar-refractivity contribution in [1.29, 1.82) is 0 Å². The second-order valence-corrected chi connectivity index (χ2v) is 6.40. The summed E-state index contributed by atoms with van der Waals surface area (Å²) in [6.45, 7) is 0. The summed E-state index contributed by atoms with van der Waals surface area (Å²) in [5.41, 5.74) is 4.70. The Balaban J connectivity index is 1.88. The van der Waals surface area contributed by atoms with E-state index in [0.717, 1.165) is 23.8 Å². The van der Waals surface area contributed by atoms with Crippen molar-refractivity contribution in [3.63, 3.8) is 0 Å². The fourth-order valence-electron chi connectivity index (χ4n) is 3.45. The molecule has 0 amide bonds. The highest BCUT2D eigenvalue weighted by Gasteiger charge is 2.14. The summed E-state index contributed by atoms with van der Waals surface area (Å²) in [5.74, 6) is 0.383. The number of aromatic hydroxyl groups is 1. The molecular weight excluding hydrogens is 304 g/mol. The van der Waals surface area contributed by atoms with Crippen LogP contribution in [0.4, 0.5) is 0 Å². The molecule has 0 aliphatic heterocycles. The van der Waals surface area contributed by atoms with Gasteiger partial charge in [-0.2, -0.15) is 0 Å². The normalized spacial score (nSPS) is 10.9. The van der Waals surface area contributed by atoms with E-state index in [-0.39, 0.29) is 0 Å². The van der Waals surface area contributed by atoms with Gasteiger partial charge in [-0.3, -0.25) is 0 Å². The Morgan fingerprint density at radius 1 is 0.560 bits per heavy atom. The maximum atomic E-state index is 10.7. The predicted molar refractivity (Wildman–Crippen MR) is 104 cm³/mol. The maximum absolute atomic E-state index is 10.7. The molecule has 1 nitrogen and oxygen atoms in total. The molecule has 25 heavy (non-hydrogen) atoms. The van der Waals surface area contributed by atoms with Gasteiger partial charge in [-0.1, -0.05) is 84.9 Å². The van der Waals surface area contributed by atoms with Gasteiger partial charge in [-0.15, -0.1) is 0 Å². The van der Waals surface area contributed by atoms with Crippen LogP contribution in [0.25, 0.3) is 10.8 Å². The Hall–Kier alpha value is -3.06. The van der Waals surface area contributed by atoms with E-state index in [1.54, 1.807) is 0 Å². The molecule has 0 spiro atoms. The van der Waals surface area contributed by atoms with Gasteiger partial charge >= 0.3 is 0 Å². The Labute approximate surface area is 148 Å². The van der Waals surface area contributed by atoms with Crippen molar-refractivity contribution >= 4 is 10.8 Å². The lowest BCUT2D eigenvalue weighted by Crippen LogP contribution is -2.00. The van der Waals surface area contributed by atoms with Crippen LogP contribution in [-0.2, 0) is 12.8 Å². The number of phenolic OH excluding ortho intramolecular Hbond substituents is 1. The van der Waals surface area contributed by atoms with Gasteiger partial charge in [0, 0.05) is 12.0 Å². The van der Waals surface area contributed by atoms with E-state index in [2.05, 4.69) is 54.6 Å². The lowest BCUT2D eigenvalue weighted by atomic mass is 9.90. The second kappa shape index (κ2) is 6.82. The number of fused-ring (bicyclic) bond motifs is 1. The Morgan fingerprint density at radius 2 is 1.08 bits per heavy atom. The molecule has 0 atom stereocenters. The zero-order valence-electron chi connectivity index (χ0n) is 14.0. The molecule has 0 saturated heterocycles. The first-order valence-corrected chi connectivity index (χ1v) is 8.61. The van der Waals surface area contributed by atoms with Crippen molar-refractivity contribution in [2.24, 2.45) is 0 Å². The molecule has 1 N–H and O–H groups in total. The highest BCUT2D eigenvalue weighted by atomic mass is 16.3. The second-order valence-electron chi connectivity index (χ2n) is 6.40. The fraction of sp³-hybridized carbons (Fsp3) is 0.0833. The van der Waals surface area contributed by atoms with Crippen LogP contribution >= 0.6 is 0 Å². The largest absolute Gasteiger partial charge is 0.508 e. The van der Waals surface area contributed by atoms with Crippen molar-refractivity contribution < 1.29 is 5.11 Å². The molecule has 0 aromatic heterocycles. The molecule has 0 aliphatic carbocycles. The van der Waals surface area contributed by atoms with Gasteiger partial charge in [0.25, 0.3) is 0 Å². The fourth-order valence-corrected chi connectivity index (χ4v) is 3.45. The molecule has 122 valence electrons. The summed E-state index contributed by atoms with van der Waals surface area (Å²) < 4.78 is 0. The van der Waals surface area contributed by atoms with Crippen LogP contribution in [0.2, 0.25) is 0 Å². The monoisotopic (exact) mass is 324 g/mol. The van der Waals surface area contributed by atoms with Gasteiger partial charge < -0.3 is 5.11 Å². The van der Waals surface area contributed by atoms with E-state index >= 15 is 0 Å². The van der Waals surface area contributed by atoms with E-state index in [9.17, 15) is 5.11 Å². The molecule has 4 aromatic rings. The number of hydrogen-bond donors (Lipinski definition) is 1. The minimum Gasteiger partial charge on any atom is -0.508 e. The highest BCUT2D eigenvalue weighted by molar-refractivity contribution is 5.89. The van der Waals surface area contributed by atoms with Crippen LogP contribution in [0.15, 0.2) is 91.0 Å². The lowest BCUT2D eigenvalue weighted by molar-refractivity contribution is 0.469. The molecule has 4 aromatic carbocycles. The van der Waals surface area contributed by atoms with Gasteiger partial charge in [0.05, 0.1) is 0 Å². The van der Waals surface area contributed by atoms with Crippen molar-refractivity contribution in [2.45, 2.75) is 12.8 Å². The number of rotatable bonds is 4. The van der Waals surface area contributed by atoms with E-state index in [1.165, 1.54) is 22.1 Å². The molecular formula is C24H20O. The molecule has 1 heteroatoms. The molecule has 0 saturated carbocycles. The molecule has 0 radical (unpaired) electrons. The van der Waals surface area contributed by atoms with Gasteiger partial charge in [0.1, 0.15) is 5.75 Å². The zero-order valence-corrected chi connectivity index (χ0v) is 14.0. The van der Waals surface area contributed by atoms with Crippen LogP contribution in [0, 0.1) is 0 Å². The van der Waals surface area contributed by atoms with E-state index < -0.39 is 0 Å². The topological polar surface area (TPSA) is 20.2 Å². The Bertz CT molecular complexity index is 988. The molecule has 0 fully saturated rings. The summed E-state index contributed by atoms with van der Waals surface area (Å²) in [6, 6.07) is 31.0. The number of hydrogen-bond acceptors (Lipinski definition) is 1. The molecule has 0 aliphatic rings. The quantitative estimate of drug-likeness (QED) is 0.508. The standard InChI is InChI=1S/C24H20O/c25-24-17-20-13-7-8-14-21(20)22(15-18-9-3-1-4-10-18)23(24)16-19-11-5-2-6-12-19/h1-14,17,25H,15-16H2. The molecule has 0 heterocycles. The van der Waals surface area contributed by atoms with Crippen molar-refractivity contribution in [3.8, 4) is 5.75 Å². The summed E-state index contributed by atoms with van der Waals surface area (Å²) in [7, 11) is 0. The van der Waals surface area contributed by atoms with E-state index in [0.29, 0.717) is 5.75 Å². The Morgan fingerprint density at radius 3 is 1.72 bits per heavy atom. The smallest absolute Gasteiger partial charge is 0.120 e. The third-order valence-corrected chi connectivity index (χ3v) is 4.70. The molecule has 4 rings (SSSR count). The minimum atomic E-state index is 0.383. The summed E-state index contributed by atoms with van der Waals surface area (Å²) in [6.07, 6.45) is 1.55. The van der Waals surface area contributed by atoms with E-state index in [4.69, 9.17) is 0 Å². The molecule has 0 unspecified atom stereocenters. The SMILES string of the molecule is Oc1cc2ccccc2c(Cc2ccccc2)c1Cc1ccccc1. The lowest BCUT2D eigenvalue weighted by Gasteiger charge is -2.16. The summed E-state index contributed by atoms with van der Waals surface area (Å²) in [4.78, 5) is 0. The van der Waals surface area contributed by atoms with Crippen LogP contribution in [-0.4, -0.2) is 5.11 Å². The average Bonchev–Trinajstić information content (AvgIpc) is 2.66. The van der Waals surface area contributed by atoms with Crippen molar-refractivity contribution in [2.75, 3.05) is 0 Å². The van der Waals surface area contributed by atoms with Gasteiger partial charge in [0.2, 0.25) is 0 Å². The van der Waals surface area contributed by atoms with Crippen LogP contribution in [0.5, 0.6) is 5.75 Å². The highest BCUT2D eigenvalue weighted by Crippen LogP contribution is 2.33. The zero-order chi connectivity index (χ0) is 17.1. The summed E-state index contributed by atoms with van der Waals surface area (Å²) in [5, 5.41) is 13.0. The van der Waals surface area contributed by atoms with Crippen LogP contribution in [0.3, 0.4) is 0 Å². The van der Waals surface area contributed by atoms with Gasteiger partial charge in [-0.25, -0.2) is 0 Å². The van der Waals surface area contributed by atoms with Crippen molar-refractivity contribution in [1.82, 2.24) is 0 Å². The third kappa shape index (κ3) is 3.27. The molecule has 0 bridgehead atoms. The Kier molecular flexibility index (Phi) is 4.22. The van der Waals surface area contributed by atoms with Gasteiger partial charge in [0.15, 0.2) is 0 Å². The minimum absolute atomic E-state index is 0.383. The van der Waals surface area contributed by atoms with Crippen LogP contribution in [0.1, 0.15) is 22.3 Å². The van der Waals surface area contributed by atoms with Crippen molar-refractivity contribution in [3.05, 3.63) is 113 Å². The van der Waals surface area contributed by atoms with Crippen LogP contribution < -0.4 is 0 Å². The third-order valence-electron chi connectivity index (χ3n) is 4.70. The number of benzene rings is 4. The first-order valence-electron chi connectivity index (χ1n) is 8.61. The summed E-state index contributed by atoms with van der Waals surface area (Å²) >= 11 is 0. The number of phenols is 1. The van der Waals surface area contributed by atoms with E-state index in [1.807, 2.05) is 36.4 Å². The van der Waals surface area contributed by atoms with Gasteiger partial charge in [-0.05, 0) is 39.9 Å². The first-order chi connectivity index (χ1) is 12.3. The predicted octanol–water partition coefficient (Wildman–Crippen LogP) is 5.73. The average molecular weight is 324 g/mol.